The van der Waals surface area contributed by atoms with Gasteiger partial charge in [-0.05, 0) is 45.4 Å². The van der Waals surface area contributed by atoms with Crippen molar-refractivity contribution in [2.75, 3.05) is 0 Å². The molecule has 1 aromatic carbocycles. The van der Waals surface area contributed by atoms with Gasteiger partial charge in [-0.15, -0.1) is 0 Å². The van der Waals surface area contributed by atoms with Crippen LogP contribution in [0, 0.1) is 27.7 Å². The molecule has 2 nitrogen and oxygen atoms in total. The van der Waals surface area contributed by atoms with Crippen LogP contribution in [0.2, 0.25) is 0 Å². The molecule has 0 aliphatic rings. The van der Waals surface area contributed by atoms with E-state index in [1.165, 1.54) is 11.1 Å². The molecule has 0 fully saturated rings. The Hall–Kier alpha value is -1.96. The summed E-state index contributed by atoms with van der Waals surface area (Å²) in [5.41, 5.74) is 5.95. The number of aryl methyl sites for hydroxylation is 4. The van der Waals surface area contributed by atoms with Crippen LogP contribution < -0.4 is 0 Å². The number of benzene rings is 1. The third kappa shape index (κ3) is 3.28. The summed E-state index contributed by atoms with van der Waals surface area (Å²) in [4.78, 5) is 16.7. The van der Waals surface area contributed by atoms with Crippen LogP contribution in [0.1, 0.15) is 38.4 Å². The summed E-state index contributed by atoms with van der Waals surface area (Å²) in [6.07, 6.45) is 0.439. The highest BCUT2D eigenvalue weighted by atomic mass is 16.1. The maximum Gasteiger partial charge on any atom is 0.169 e. The molecule has 0 N–H and O–H groups in total. The standard InChI is InChI=1S/C17H19NO/c1-11-7-12(2)9-15(8-11)10-17(19)16-6-5-13(3)18-14(16)4/h5-9H,10H2,1-4H3. The van der Waals surface area contributed by atoms with Gasteiger partial charge in [0.2, 0.25) is 0 Å². The predicted molar refractivity (Wildman–Crippen MR) is 77.7 cm³/mol. The lowest BCUT2D eigenvalue weighted by Crippen LogP contribution is -2.07. The van der Waals surface area contributed by atoms with Gasteiger partial charge in [-0.1, -0.05) is 29.3 Å². The fourth-order valence-electron chi connectivity index (χ4n) is 2.43. The molecule has 1 aromatic heterocycles. The Kier molecular flexibility index (Phi) is 3.79. The first-order valence-corrected chi connectivity index (χ1v) is 6.50. The first-order chi connectivity index (χ1) is 8.95. The van der Waals surface area contributed by atoms with E-state index < -0.39 is 0 Å². The number of carbonyl (C=O) groups excluding carboxylic acids is 1. The van der Waals surface area contributed by atoms with E-state index in [9.17, 15) is 4.79 Å². The minimum Gasteiger partial charge on any atom is -0.294 e. The van der Waals surface area contributed by atoms with Crippen LogP contribution in [0.4, 0.5) is 0 Å². The topological polar surface area (TPSA) is 30.0 Å². The predicted octanol–water partition coefficient (Wildman–Crippen LogP) is 3.74. The van der Waals surface area contributed by atoms with Crippen LogP contribution in [0.3, 0.4) is 0 Å². The maximum absolute atomic E-state index is 12.3. The van der Waals surface area contributed by atoms with Gasteiger partial charge in [0.25, 0.3) is 0 Å². The third-order valence-corrected chi connectivity index (χ3v) is 3.17. The molecule has 0 saturated carbocycles. The Morgan fingerprint density at radius 1 is 1.00 bits per heavy atom. The van der Waals surface area contributed by atoms with E-state index in [1.807, 2.05) is 26.0 Å². The van der Waals surface area contributed by atoms with Crippen molar-refractivity contribution in [2.24, 2.45) is 0 Å². The van der Waals surface area contributed by atoms with Gasteiger partial charge in [0.1, 0.15) is 0 Å². The lowest BCUT2D eigenvalue weighted by molar-refractivity contribution is 0.0992. The van der Waals surface area contributed by atoms with Crippen molar-refractivity contribution in [3.05, 3.63) is 64.0 Å². The van der Waals surface area contributed by atoms with Gasteiger partial charge in [-0.25, -0.2) is 0 Å². The lowest BCUT2D eigenvalue weighted by atomic mass is 9.99. The Bertz CT molecular complexity index is 609. The minimum atomic E-state index is 0.134. The summed E-state index contributed by atoms with van der Waals surface area (Å²) >= 11 is 0. The Labute approximate surface area is 114 Å². The molecule has 0 aliphatic heterocycles. The zero-order valence-corrected chi connectivity index (χ0v) is 11.9. The molecule has 2 heteroatoms. The first kappa shape index (κ1) is 13.5. The summed E-state index contributed by atoms with van der Waals surface area (Å²) in [6.45, 7) is 7.94. The van der Waals surface area contributed by atoms with Crippen molar-refractivity contribution in [1.82, 2.24) is 4.98 Å². The number of Topliss-reactive ketones (excluding diaryl/α,β-unsaturated/α-hetero) is 1. The summed E-state index contributed by atoms with van der Waals surface area (Å²) in [7, 11) is 0. The highest BCUT2D eigenvalue weighted by Gasteiger charge is 2.11. The smallest absolute Gasteiger partial charge is 0.169 e. The van der Waals surface area contributed by atoms with Gasteiger partial charge < -0.3 is 0 Å². The van der Waals surface area contributed by atoms with Crippen molar-refractivity contribution >= 4 is 5.78 Å². The third-order valence-electron chi connectivity index (χ3n) is 3.17. The monoisotopic (exact) mass is 253 g/mol. The number of ketones is 1. The quantitative estimate of drug-likeness (QED) is 0.780. The molecule has 1 heterocycles. The summed E-state index contributed by atoms with van der Waals surface area (Å²) in [5.74, 6) is 0.134. The Morgan fingerprint density at radius 3 is 2.21 bits per heavy atom. The number of pyridine rings is 1. The summed E-state index contributed by atoms with van der Waals surface area (Å²) in [6, 6.07) is 10.0. The summed E-state index contributed by atoms with van der Waals surface area (Å²) < 4.78 is 0. The van der Waals surface area contributed by atoms with E-state index in [0.717, 1.165) is 22.5 Å². The highest BCUT2D eigenvalue weighted by molar-refractivity contribution is 5.98. The second kappa shape index (κ2) is 5.35. The molecule has 0 unspecified atom stereocenters. The first-order valence-electron chi connectivity index (χ1n) is 6.50. The molecular formula is C17H19NO. The van der Waals surface area contributed by atoms with E-state index in [0.29, 0.717) is 6.42 Å². The van der Waals surface area contributed by atoms with Crippen molar-refractivity contribution < 1.29 is 4.79 Å². The molecule has 0 spiro atoms. The van der Waals surface area contributed by atoms with Crippen LogP contribution in [0.15, 0.2) is 30.3 Å². The van der Waals surface area contributed by atoms with Crippen molar-refractivity contribution in [3.8, 4) is 0 Å². The maximum atomic E-state index is 12.3. The largest absolute Gasteiger partial charge is 0.294 e. The average Bonchev–Trinajstić information content (AvgIpc) is 2.26. The zero-order chi connectivity index (χ0) is 14.0. The van der Waals surface area contributed by atoms with Crippen LogP contribution in [-0.4, -0.2) is 10.8 Å². The van der Waals surface area contributed by atoms with Gasteiger partial charge in [-0.2, -0.15) is 0 Å². The Morgan fingerprint density at radius 2 is 1.63 bits per heavy atom. The molecule has 0 bridgehead atoms. The number of hydrogen-bond donors (Lipinski definition) is 0. The van der Waals surface area contributed by atoms with Gasteiger partial charge in [0.05, 0.1) is 0 Å². The average molecular weight is 253 g/mol. The van der Waals surface area contributed by atoms with Crippen LogP contribution in [0.5, 0.6) is 0 Å². The van der Waals surface area contributed by atoms with Gasteiger partial charge in [0, 0.05) is 23.4 Å². The molecule has 0 atom stereocenters. The molecule has 19 heavy (non-hydrogen) atoms. The van der Waals surface area contributed by atoms with Crippen molar-refractivity contribution in [1.29, 1.82) is 0 Å². The molecule has 2 aromatic rings. The normalized spacial score (nSPS) is 10.5. The van der Waals surface area contributed by atoms with E-state index in [1.54, 1.807) is 0 Å². The van der Waals surface area contributed by atoms with Crippen LogP contribution in [-0.2, 0) is 6.42 Å². The van der Waals surface area contributed by atoms with Gasteiger partial charge >= 0.3 is 0 Å². The lowest BCUT2D eigenvalue weighted by Gasteiger charge is -2.07. The van der Waals surface area contributed by atoms with Crippen molar-refractivity contribution in [2.45, 2.75) is 34.1 Å². The van der Waals surface area contributed by atoms with Crippen LogP contribution in [0.25, 0.3) is 0 Å². The second-order valence-corrected chi connectivity index (χ2v) is 5.18. The number of hydrogen-bond acceptors (Lipinski definition) is 2. The van der Waals surface area contributed by atoms with E-state index in [4.69, 9.17) is 0 Å². The Balaban J connectivity index is 2.25. The fourth-order valence-corrected chi connectivity index (χ4v) is 2.43. The molecule has 0 amide bonds. The zero-order valence-electron chi connectivity index (χ0n) is 11.9. The highest BCUT2D eigenvalue weighted by Crippen LogP contribution is 2.14. The minimum absolute atomic E-state index is 0.134. The fraction of sp³-hybridized carbons (Fsp3) is 0.294. The molecule has 0 aliphatic carbocycles. The van der Waals surface area contributed by atoms with Crippen LogP contribution >= 0.6 is 0 Å². The van der Waals surface area contributed by atoms with E-state index in [-0.39, 0.29) is 5.78 Å². The van der Waals surface area contributed by atoms with E-state index >= 15 is 0 Å². The second-order valence-electron chi connectivity index (χ2n) is 5.18. The SMILES string of the molecule is Cc1cc(C)cc(CC(=O)c2ccc(C)nc2C)c1. The molecule has 2 rings (SSSR count). The van der Waals surface area contributed by atoms with Gasteiger partial charge in [0.15, 0.2) is 5.78 Å². The number of nitrogens with zero attached hydrogens (tertiary/aromatic N) is 1. The molecular weight excluding hydrogens is 234 g/mol. The number of aromatic nitrogens is 1. The molecule has 98 valence electrons. The van der Waals surface area contributed by atoms with Gasteiger partial charge in [-0.3, -0.25) is 9.78 Å². The summed E-state index contributed by atoms with van der Waals surface area (Å²) in [5, 5.41) is 0. The molecule has 0 saturated heterocycles. The number of carbonyl (C=O) groups is 1. The molecule has 0 radical (unpaired) electrons. The number of rotatable bonds is 3. The van der Waals surface area contributed by atoms with E-state index in [2.05, 4.69) is 37.0 Å². The van der Waals surface area contributed by atoms with Crippen molar-refractivity contribution in [3.63, 3.8) is 0 Å².